The summed E-state index contributed by atoms with van der Waals surface area (Å²) >= 11 is 0. The minimum absolute atomic E-state index is 0.433. The fraction of sp³-hybridized carbons (Fsp3) is 0.556. The molecule has 1 aliphatic carbocycles. The highest BCUT2D eigenvalue weighted by atomic mass is 15.2. The van der Waals surface area contributed by atoms with E-state index in [2.05, 4.69) is 41.0 Å². The Bertz CT molecular complexity index is 512. The first kappa shape index (κ1) is 13.7. The average Bonchev–Trinajstić information content (AvgIpc) is 2.96. The third-order valence-corrected chi connectivity index (χ3v) is 4.82. The quantitative estimate of drug-likeness (QED) is 0.836. The van der Waals surface area contributed by atoms with E-state index < -0.39 is 0 Å². The largest absolute Gasteiger partial charge is 0.320 e. The molecule has 2 fully saturated rings. The zero-order chi connectivity index (χ0) is 13.8. The first-order valence-corrected chi connectivity index (χ1v) is 7.89. The van der Waals surface area contributed by atoms with Crippen LogP contribution in [0.2, 0.25) is 0 Å². The van der Waals surface area contributed by atoms with Crippen molar-refractivity contribution in [3.63, 3.8) is 0 Å². The first-order valence-electron chi connectivity index (χ1n) is 7.89. The standard InChI is InChI=1S/C18H24N2/c19-12-4-9-15-6-1-2-7-17(15)14-20-13-5-10-16-8-3-11-18(16)20/h1-2,6-7,16,18H,3,5,8,10-14,19H2. The van der Waals surface area contributed by atoms with Crippen molar-refractivity contribution in [3.05, 3.63) is 35.4 Å². The molecule has 0 bridgehead atoms. The molecule has 2 aliphatic rings. The zero-order valence-corrected chi connectivity index (χ0v) is 12.1. The molecule has 2 unspecified atom stereocenters. The lowest BCUT2D eigenvalue weighted by Gasteiger charge is -2.38. The van der Waals surface area contributed by atoms with Crippen LogP contribution in [0.4, 0.5) is 0 Å². The van der Waals surface area contributed by atoms with Crippen LogP contribution in [0.3, 0.4) is 0 Å². The van der Waals surface area contributed by atoms with E-state index in [1.165, 1.54) is 44.2 Å². The van der Waals surface area contributed by atoms with Crippen molar-refractivity contribution in [3.8, 4) is 11.8 Å². The van der Waals surface area contributed by atoms with E-state index >= 15 is 0 Å². The monoisotopic (exact) mass is 268 g/mol. The van der Waals surface area contributed by atoms with Crippen molar-refractivity contribution in [1.29, 1.82) is 0 Å². The molecule has 20 heavy (non-hydrogen) atoms. The molecule has 0 spiro atoms. The van der Waals surface area contributed by atoms with Crippen LogP contribution in [0, 0.1) is 17.8 Å². The summed E-state index contributed by atoms with van der Waals surface area (Å²) in [5, 5.41) is 0. The topological polar surface area (TPSA) is 29.3 Å². The lowest BCUT2D eigenvalue weighted by molar-refractivity contribution is 0.106. The number of piperidine rings is 1. The van der Waals surface area contributed by atoms with E-state index in [0.717, 1.165) is 24.1 Å². The third kappa shape index (κ3) is 2.90. The summed E-state index contributed by atoms with van der Waals surface area (Å²) < 4.78 is 0. The number of hydrogen-bond acceptors (Lipinski definition) is 2. The van der Waals surface area contributed by atoms with E-state index in [0.29, 0.717) is 6.54 Å². The second-order valence-electron chi connectivity index (χ2n) is 6.03. The predicted octanol–water partition coefficient (Wildman–Crippen LogP) is 2.76. The maximum Gasteiger partial charge on any atom is 0.0555 e. The molecule has 3 rings (SSSR count). The molecular weight excluding hydrogens is 244 g/mol. The molecule has 1 saturated carbocycles. The molecule has 0 amide bonds. The van der Waals surface area contributed by atoms with Gasteiger partial charge in [-0.25, -0.2) is 0 Å². The summed E-state index contributed by atoms with van der Waals surface area (Å²) in [4.78, 5) is 2.70. The molecule has 106 valence electrons. The van der Waals surface area contributed by atoms with E-state index in [1.54, 1.807) is 0 Å². The van der Waals surface area contributed by atoms with Gasteiger partial charge in [0, 0.05) is 18.2 Å². The maximum absolute atomic E-state index is 5.50. The normalized spacial score (nSPS) is 25.9. The number of likely N-dealkylation sites (tertiary alicyclic amines) is 1. The van der Waals surface area contributed by atoms with Crippen LogP contribution in [-0.4, -0.2) is 24.0 Å². The molecule has 1 aromatic rings. The number of nitrogens with two attached hydrogens (primary N) is 1. The molecule has 2 heteroatoms. The maximum atomic E-state index is 5.50. The van der Waals surface area contributed by atoms with E-state index in [9.17, 15) is 0 Å². The smallest absolute Gasteiger partial charge is 0.0555 e. The first-order chi connectivity index (χ1) is 9.88. The van der Waals surface area contributed by atoms with Crippen LogP contribution in [-0.2, 0) is 6.54 Å². The molecule has 2 atom stereocenters. The molecule has 1 heterocycles. The average molecular weight is 268 g/mol. The second kappa shape index (κ2) is 6.43. The fourth-order valence-electron chi connectivity index (χ4n) is 3.90. The van der Waals surface area contributed by atoms with Crippen molar-refractivity contribution < 1.29 is 0 Å². The fourth-order valence-corrected chi connectivity index (χ4v) is 3.90. The van der Waals surface area contributed by atoms with Gasteiger partial charge in [-0.3, -0.25) is 4.90 Å². The van der Waals surface area contributed by atoms with E-state index in [1.807, 2.05) is 0 Å². The molecular formula is C18H24N2. The summed E-state index contributed by atoms with van der Waals surface area (Å²) in [6.07, 6.45) is 7.05. The highest BCUT2D eigenvalue weighted by Gasteiger charge is 2.34. The summed E-state index contributed by atoms with van der Waals surface area (Å²) in [6, 6.07) is 9.35. The Kier molecular flexibility index (Phi) is 4.40. The van der Waals surface area contributed by atoms with Crippen molar-refractivity contribution >= 4 is 0 Å². The number of nitrogens with zero attached hydrogens (tertiary/aromatic N) is 1. The van der Waals surface area contributed by atoms with E-state index in [4.69, 9.17) is 5.73 Å². The number of benzene rings is 1. The van der Waals surface area contributed by atoms with Gasteiger partial charge < -0.3 is 5.73 Å². The van der Waals surface area contributed by atoms with Crippen LogP contribution >= 0.6 is 0 Å². The van der Waals surface area contributed by atoms with Gasteiger partial charge in [-0.2, -0.15) is 0 Å². The van der Waals surface area contributed by atoms with Gasteiger partial charge in [-0.15, -0.1) is 0 Å². The lowest BCUT2D eigenvalue weighted by Crippen LogP contribution is -2.42. The lowest BCUT2D eigenvalue weighted by atomic mass is 9.91. The Hall–Kier alpha value is -1.30. The number of hydrogen-bond donors (Lipinski definition) is 1. The molecule has 2 N–H and O–H groups in total. The Labute approximate surface area is 122 Å². The molecule has 0 aromatic heterocycles. The Morgan fingerprint density at radius 2 is 2.00 bits per heavy atom. The number of fused-ring (bicyclic) bond motifs is 1. The van der Waals surface area contributed by atoms with Crippen LogP contribution < -0.4 is 5.73 Å². The molecule has 2 nitrogen and oxygen atoms in total. The van der Waals surface area contributed by atoms with Gasteiger partial charge in [0.25, 0.3) is 0 Å². The van der Waals surface area contributed by atoms with Gasteiger partial charge >= 0.3 is 0 Å². The summed E-state index contributed by atoms with van der Waals surface area (Å²) in [5.41, 5.74) is 8.01. The highest BCUT2D eigenvalue weighted by Crippen LogP contribution is 2.37. The SMILES string of the molecule is NCC#Cc1ccccc1CN1CCCC2CCCC21. The van der Waals surface area contributed by atoms with Gasteiger partial charge in [0.2, 0.25) is 0 Å². The van der Waals surface area contributed by atoms with Gasteiger partial charge in [0.15, 0.2) is 0 Å². The van der Waals surface area contributed by atoms with Crippen molar-refractivity contribution in [2.45, 2.75) is 44.7 Å². The van der Waals surface area contributed by atoms with Crippen LogP contribution in [0.5, 0.6) is 0 Å². The Morgan fingerprint density at radius 3 is 2.90 bits per heavy atom. The third-order valence-electron chi connectivity index (χ3n) is 4.82. The van der Waals surface area contributed by atoms with Crippen LogP contribution in [0.25, 0.3) is 0 Å². The zero-order valence-electron chi connectivity index (χ0n) is 12.1. The second-order valence-corrected chi connectivity index (χ2v) is 6.03. The van der Waals surface area contributed by atoms with Crippen molar-refractivity contribution in [1.82, 2.24) is 4.90 Å². The van der Waals surface area contributed by atoms with Crippen molar-refractivity contribution in [2.75, 3.05) is 13.1 Å². The van der Waals surface area contributed by atoms with Crippen LogP contribution in [0.1, 0.15) is 43.2 Å². The highest BCUT2D eigenvalue weighted by molar-refractivity contribution is 5.41. The van der Waals surface area contributed by atoms with Gasteiger partial charge in [-0.1, -0.05) is 36.5 Å². The molecule has 1 aromatic carbocycles. The summed E-state index contributed by atoms with van der Waals surface area (Å²) in [6.45, 7) is 2.74. The minimum atomic E-state index is 0.433. The molecule has 1 aliphatic heterocycles. The van der Waals surface area contributed by atoms with Crippen molar-refractivity contribution in [2.24, 2.45) is 11.7 Å². The summed E-state index contributed by atoms with van der Waals surface area (Å²) in [7, 11) is 0. The Balaban J connectivity index is 1.77. The summed E-state index contributed by atoms with van der Waals surface area (Å²) in [5.74, 6) is 7.16. The van der Waals surface area contributed by atoms with Gasteiger partial charge in [0.1, 0.15) is 0 Å². The Morgan fingerprint density at radius 1 is 1.15 bits per heavy atom. The molecule has 1 saturated heterocycles. The minimum Gasteiger partial charge on any atom is -0.320 e. The number of rotatable bonds is 2. The van der Waals surface area contributed by atoms with Gasteiger partial charge in [0.05, 0.1) is 6.54 Å². The van der Waals surface area contributed by atoms with Crippen LogP contribution in [0.15, 0.2) is 24.3 Å². The van der Waals surface area contributed by atoms with Gasteiger partial charge in [-0.05, 0) is 49.8 Å². The predicted molar refractivity (Wildman–Crippen MR) is 83.1 cm³/mol. The molecule has 0 radical (unpaired) electrons. The van der Waals surface area contributed by atoms with E-state index in [-0.39, 0.29) is 0 Å².